The molecule has 0 unspecified atom stereocenters. The molecule has 5 rings (SSSR count). The number of nitrogens with one attached hydrogen (secondary N) is 1. The Labute approximate surface area is 191 Å². The number of carbonyl (C=O) groups is 2. The molecule has 1 saturated heterocycles. The summed E-state index contributed by atoms with van der Waals surface area (Å²) < 4.78 is 5.96. The standard InChI is InChI=1S/C27H23N3O3/c31-25(29-21-12-8-11-20(17-21)27(32)30-15-6-7-16-30)22-13-4-5-14-23(22)26-28-18-24(33-26)19-9-2-1-3-10-19/h1-5,8-14,17-18H,6-7,15-16H2,(H,29,31). The average Bonchev–Trinajstić information content (AvgIpc) is 3.57. The Kier molecular flexibility index (Phi) is 5.72. The first-order valence-electron chi connectivity index (χ1n) is 11.0. The van der Waals surface area contributed by atoms with Gasteiger partial charge in [-0.25, -0.2) is 4.98 Å². The lowest BCUT2D eigenvalue weighted by molar-refractivity contribution is 0.0792. The van der Waals surface area contributed by atoms with Gasteiger partial charge in [0.15, 0.2) is 5.76 Å². The zero-order chi connectivity index (χ0) is 22.6. The number of benzene rings is 3. The van der Waals surface area contributed by atoms with Gasteiger partial charge in [0.2, 0.25) is 5.89 Å². The number of aromatic nitrogens is 1. The maximum absolute atomic E-state index is 13.1. The lowest BCUT2D eigenvalue weighted by Crippen LogP contribution is -2.27. The van der Waals surface area contributed by atoms with Gasteiger partial charge in [-0.3, -0.25) is 9.59 Å². The van der Waals surface area contributed by atoms with Crippen molar-refractivity contribution in [3.05, 3.63) is 96.2 Å². The van der Waals surface area contributed by atoms with E-state index in [-0.39, 0.29) is 11.8 Å². The van der Waals surface area contributed by atoms with Crippen molar-refractivity contribution in [2.45, 2.75) is 12.8 Å². The lowest BCUT2D eigenvalue weighted by atomic mass is 10.1. The highest BCUT2D eigenvalue weighted by Crippen LogP contribution is 2.28. The van der Waals surface area contributed by atoms with Crippen LogP contribution in [0.2, 0.25) is 0 Å². The third-order valence-electron chi connectivity index (χ3n) is 5.73. The molecule has 0 bridgehead atoms. The number of hydrogen-bond donors (Lipinski definition) is 1. The second-order valence-electron chi connectivity index (χ2n) is 7.98. The summed E-state index contributed by atoms with van der Waals surface area (Å²) in [4.78, 5) is 32.1. The van der Waals surface area contributed by atoms with Gasteiger partial charge >= 0.3 is 0 Å². The molecule has 2 amide bonds. The van der Waals surface area contributed by atoms with E-state index in [9.17, 15) is 9.59 Å². The van der Waals surface area contributed by atoms with E-state index in [2.05, 4.69) is 10.3 Å². The molecule has 0 saturated carbocycles. The van der Waals surface area contributed by atoms with Gasteiger partial charge in [0.05, 0.1) is 11.8 Å². The maximum Gasteiger partial charge on any atom is 0.256 e. The second-order valence-corrected chi connectivity index (χ2v) is 7.98. The Bertz CT molecular complexity index is 1290. The third kappa shape index (κ3) is 4.41. The Morgan fingerprint density at radius 1 is 0.879 bits per heavy atom. The van der Waals surface area contributed by atoms with Crippen LogP contribution in [0.3, 0.4) is 0 Å². The molecule has 2 heterocycles. The molecule has 6 nitrogen and oxygen atoms in total. The number of amides is 2. The highest BCUT2D eigenvalue weighted by molar-refractivity contribution is 6.08. The largest absolute Gasteiger partial charge is 0.436 e. The molecule has 3 aromatic carbocycles. The van der Waals surface area contributed by atoms with E-state index < -0.39 is 0 Å². The van der Waals surface area contributed by atoms with E-state index in [1.54, 1.807) is 42.6 Å². The van der Waals surface area contributed by atoms with Crippen LogP contribution >= 0.6 is 0 Å². The van der Waals surface area contributed by atoms with Gasteiger partial charge in [-0.15, -0.1) is 0 Å². The molecule has 164 valence electrons. The fourth-order valence-corrected chi connectivity index (χ4v) is 4.03. The summed E-state index contributed by atoms with van der Waals surface area (Å²) in [5, 5.41) is 2.91. The SMILES string of the molecule is O=C(Nc1cccc(C(=O)N2CCCC2)c1)c1ccccc1-c1ncc(-c2ccccc2)o1. The molecule has 1 N–H and O–H groups in total. The van der Waals surface area contributed by atoms with Gasteiger partial charge in [0.1, 0.15) is 0 Å². The van der Waals surface area contributed by atoms with E-state index in [1.807, 2.05) is 47.4 Å². The third-order valence-corrected chi connectivity index (χ3v) is 5.73. The molecule has 4 aromatic rings. The van der Waals surface area contributed by atoms with Crippen LogP contribution in [0.25, 0.3) is 22.8 Å². The molecular weight excluding hydrogens is 414 g/mol. The minimum atomic E-state index is -0.296. The summed E-state index contributed by atoms with van der Waals surface area (Å²) in [5.74, 6) is 0.708. The monoisotopic (exact) mass is 437 g/mol. The first-order chi connectivity index (χ1) is 16.2. The Balaban J connectivity index is 1.38. The summed E-state index contributed by atoms with van der Waals surface area (Å²) in [6.07, 6.45) is 3.73. The second kappa shape index (κ2) is 9.12. The summed E-state index contributed by atoms with van der Waals surface area (Å²) in [5.41, 5.74) is 3.09. The van der Waals surface area contributed by atoms with Crippen molar-refractivity contribution in [2.24, 2.45) is 0 Å². The smallest absolute Gasteiger partial charge is 0.256 e. The Morgan fingerprint density at radius 2 is 1.64 bits per heavy atom. The van der Waals surface area contributed by atoms with E-state index in [0.717, 1.165) is 31.5 Å². The minimum Gasteiger partial charge on any atom is -0.436 e. The fourth-order valence-electron chi connectivity index (χ4n) is 4.03. The van der Waals surface area contributed by atoms with Crippen LogP contribution in [0, 0.1) is 0 Å². The van der Waals surface area contributed by atoms with E-state index >= 15 is 0 Å². The number of nitrogens with zero attached hydrogens (tertiary/aromatic N) is 2. The first-order valence-corrected chi connectivity index (χ1v) is 11.0. The Morgan fingerprint density at radius 3 is 2.45 bits per heavy atom. The van der Waals surface area contributed by atoms with Crippen LogP contribution in [0.1, 0.15) is 33.6 Å². The van der Waals surface area contributed by atoms with Crippen LogP contribution < -0.4 is 5.32 Å². The number of rotatable bonds is 5. The van der Waals surface area contributed by atoms with Crippen molar-refractivity contribution in [3.8, 4) is 22.8 Å². The maximum atomic E-state index is 13.1. The molecule has 1 aromatic heterocycles. The minimum absolute atomic E-state index is 0.00257. The average molecular weight is 437 g/mol. The summed E-state index contributed by atoms with van der Waals surface area (Å²) in [7, 11) is 0. The fraction of sp³-hybridized carbons (Fsp3) is 0.148. The van der Waals surface area contributed by atoms with Crippen LogP contribution in [0.4, 0.5) is 5.69 Å². The van der Waals surface area contributed by atoms with Crippen molar-refractivity contribution < 1.29 is 14.0 Å². The quantitative estimate of drug-likeness (QED) is 0.448. The number of likely N-dealkylation sites (tertiary alicyclic amines) is 1. The molecule has 0 spiro atoms. The topological polar surface area (TPSA) is 75.4 Å². The van der Waals surface area contributed by atoms with Crippen molar-refractivity contribution in [1.29, 1.82) is 0 Å². The van der Waals surface area contributed by atoms with Gasteiger partial charge in [-0.2, -0.15) is 0 Å². The molecular formula is C27H23N3O3. The molecule has 1 fully saturated rings. The van der Waals surface area contributed by atoms with Crippen molar-refractivity contribution >= 4 is 17.5 Å². The van der Waals surface area contributed by atoms with Crippen LogP contribution in [-0.4, -0.2) is 34.8 Å². The van der Waals surface area contributed by atoms with Crippen molar-refractivity contribution in [2.75, 3.05) is 18.4 Å². The summed E-state index contributed by atoms with van der Waals surface area (Å²) in [6.45, 7) is 1.56. The predicted molar refractivity (Wildman–Crippen MR) is 127 cm³/mol. The van der Waals surface area contributed by atoms with Crippen LogP contribution in [0.15, 0.2) is 89.5 Å². The van der Waals surface area contributed by atoms with Gasteiger partial charge < -0.3 is 14.6 Å². The van der Waals surface area contributed by atoms with Gasteiger partial charge in [-0.05, 0) is 43.2 Å². The van der Waals surface area contributed by atoms with Crippen molar-refractivity contribution in [1.82, 2.24) is 9.88 Å². The van der Waals surface area contributed by atoms with Crippen LogP contribution in [-0.2, 0) is 0 Å². The first kappa shape index (κ1) is 20.7. The van der Waals surface area contributed by atoms with Gasteiger partial charge in [0.25, 0.3) is 11.8 Å². The highest BCUT2D eigenvalue weighted by Gasteiger charge is 2.21. The van der Waals surface area contributed by atoms with Gasteiger partial charge in [0, 0.05) is 35.5 Å². The molecule has 1 aliphatic rings. The number of anilines is 1. The normalized spacial score (nSPS) is 13.2. The molecule has 0 radical (unpaired) electrons. The number of hydrogen-bond acceptors (Lipinski definition) is 4. The lowest BCUT2D eigenvalue weighted by Gasteiger charge is -2.16. The Hall–Kier alpha value is -4.19. The van der Waals surface area contributed by atoms with Crippen LogP contribution in [0.5, 0.6) is 0 Å². The van der Waals surface area contributed by atoms with E-state index in [1.165, 1.54) is 0 Å². The number of carbonyl (C=O) groups excluding carboxylic acids is 2. The summed E-state index contributed by atoms with van der Waals surface area (Å²) in [6, 6.07) is 23.9. The zero-order valence-electron chi connectivity index (χ0n) is 18.0. The van der Waals surface area contributed by atoms with Gasteiger partial charge in [-0.1, -0.05) is 48.5 Å². The molecule has 0 atom stereocenters. The number of oxazole rings is 1. The zero-order valence-corrected chi connectivity index (χ0v) is 18.0. The molecule has 33 heavy (non-hydrogen) atoms. The highest BCUT2D eigenvalue weighted by atomic mass is 16.4. The molecule has 0 aliphatic carbocycles. The predicted octanol–water partition coefficient (Wildman–Crippen LogP) is 5.50. The summed E-state index contributed by atoms with van der Waals surface area (Å²) >= 11 is 0. The van der Waals surface area contributed by atoms with E-state index in [4.69, 9.17) is 4.42 Å². The van der Waals surface area contributed by atoms with Crippen molar-refractivity contribution in [3.63, 3.8) is 0 Å². The van der Waals surface area contributed by atoms with E-state index in [0.29, 0.717) is 34.0 Å². The molecule has 1 aliphatic heterocycles. The molecule has 6 heteroatoms.